The summed E-state index contributed by atoms with van der Waals surface area (Å²) in [5.41, 5.74) is 5.48. The number of amides is 1. The van der Waals surface area contributed by atoms with Crippen LogP contribution in [0.2, 0.25) is 0 Å². The van der Waals surface area contributed by atoms with Crippen molar-refractivity contribution in [3.05, 3.63) is 24.3 Å². The van der Waals surface area contributed by atoms with Crippen molar-refractivity contribution < 1.29 is 21.6 Å². The van der Waals surface area contributed by atoms with Crippen molar-refractivity contribution >= 4 is 31.5 Å². The van der Waals surface area contributed by atoms with Crippen LogP contribution in [0.5, 0.6) is 0 Å². The van der Waals surface area contributed by atoms with E-state index in [4.69, 9.17) is 5.73 Å². The van der Waals surface area contributed by atoms with Gasteiger partial charge in [-0.05, 0) is 24.6 Å². The van der Waals surface area contributed by atoms with Gasteiger partial charge in [0.05, 0.1) is 10.6 Å². The first kappa shape index (κ1) is 21.6. The number of sulfone groups is 1. The topological polar surface area (TPSA) is 135 Å². The van der Waals surface area contributed by atoms with Crippen molar-refractivity contribution in [1.82, 2.24) is 4.72 Å². The third kappa shape index (κ3) is 7.95. The first-order chi connectivity index (χ1) is 11.7. The highest BCUT2D eigenvalue weighted by Gasteiger charge is 2.18. The van der Waals surface area contributed by atoms with Gasteiger partial charge in [-0.25, -0.2) is 21.6 Å². The van der Waals surface area contributed by atoms with E-state index in [1.807, 2.05) is 6.92 Å². The van der Waals surface area contributed by atoms with E-state index < -0.39 is 31.5 Å². The van der Waals surface area contributed by atoms with Crippen LogP contribution in [-0.2, 0) is 24.7 Å². The van der Waals surface area contributed by atoms with Crippen LogP contribution in [-0.4, -0.2) is 47.3 Å². The summed E-state index contributed by atoms with van der Waals surface area (Å²) in [5, 5.41) is 2.42. The van der Waals surface area contributed by atoms with Crippen LogP contribution in [0.15, 0.2) is 29.2 Å². The fraction of sp³-hybridized carbons (Fsp3) is 0.533. The highest BCUT2D eigenvalue weighted by atomic mass is 32.2. The second-order valence-corrected chi connectivity index (χ2v) is 9.51. The minimum atomic E-state index is -3.73. The quantitative estimate of drug-likeness (QED) is 0.469. The number of carbonyl (C=O) groups excluding carboxylic acids is 1. The van der Waals surface area contributed by atoms with Crippen molar-refractivity contribution in [3.8, 4) is 0 Å². The van der Waals surface area contributed by atoms with E-state index in [1.54, 1.807) is 0 Å². The molecule has 0 heterocycles. The lowest BCUT2D eigenvalue weighted by Gasteiger charge is -2.09. The Morgan fingerprint density at radius 1 is 1.16 bits per heavy atom. The molecule has 4 N–H and O–H groups in total. The summed E-state index contributed by atoms with van der Waals surface area (Å²) in [7, 11) is -7.21. The minimum Gasteiger partial charge on any atom is -0.329 e. The number of rotatable bonds is 11. The first-order valence-electron chi connectivity index (χ1n) is 8.00. The molecule has 142 valence electrons. The van der Waals surface area contributed by atoms with Crippen molar-refractivity contribution in [1.29, 1.82) is 0 Å². The lowest BCUT2D eigenvalue weighted by molar-refractivity contribution is -0.113. The lowest BCUT2D eigenvalue weighted by Crippen LogP contribution is -2.29. The Morgan fingerprint density at radius 3 is 2.52 bits per heavy atom. The number of sulfonamides is 1. The Bertz CT molecular complexity index is 776. The molecule has 1 aromatic carbocycles. The predicted molar refractivity (Wildman–Crippen MR) is 97.5 cm³/mol. The Kier molecular flexibility index (Phi) is 8.50. The zero-order chi connectivity index (χ0) is 18.9. The number of hydrogen-bond donors (Lipinski definition) is 3. The van der Waals surface area contributed by atoms with Gasteiger partial charge in [-0.1, -0.05) is 25.8 Å². The number of benzene rings is 1. The average molecular weight is 392 g/mol. The SMILES string of the molecule is CCCCCS(=O)(=O)CC(=O)Nc1cccc(S(=O)(=O)NCCN)c1. The molecule has 0 atom stereocenters. The van der Waals surface area contributed by atoms with Crippen LogP contribution >= 0.6 is 0 Å². The Labute approximate surface area is 149 Å². The highest BCUT2D eigenvalue weighted by molar-refractivity contribution is 7.92. The molecule has 0 saturated carbocycles. The van der Waals surface area contributed by atoms with Gasteiger partial charge in [0.15, 0.2) is 9.84 Å². The van der Waals surface area contributed by atoms with Gasteiger partial charge in [0, 0.05) is 18.8 Å². The Morgan fingerprint density at radius 2 is 1.88 bits per heavy atom. The van der Waals surface area contributed by atoms with Gasteiger partial charge in [0.25, 0.3) is 0 Å². The summed E-state index contributed by atoms with van der Waals surface area (Å²) in [6, 6.07) is 5.59. The molecule has 1 amide bonds. The van der Waals surface area contributed by atoms with Gasteiger partial charge in [-0.3, -0.25) is 4.79 Å². The summed E-state index contributed by atoms with van der Waals surface area (Å²) >= 11 is 0. The molecule has 1 rings (SSSR count). The Balaban J connectivity index is 2.74. The van der Waals surface area contributed by atoms with Crippen LogP contribution in [0, 0.1) is 0 Å². The van der Waals surface area contributed by atoms with Gasteiger partial charge < -0.3 is 11.1 Å². The summed E-state index contributed by atoms with van der Waals surface area (Å²) in [4.78, 5) is 11.9. The molecule has 8 nitrogen and oxygen atoms in total. The maximum absolute atomic E-state index is 12.0. The molecule has 10 heteroatoms. The predicted octanol–water partition coefficient (Wildman–Crippen LogP) is 0.467. The summed E-state index contributed by atoms with van der Waals surface area (Å²) in [6.45, 7) is 2.21. The number of anilines is 1. The van der Waals surface area contributed by atoms with Gasteiger partial charge >= 0.3 is 0 Å². The fourth-order valence-corrected chi connectivity index (χ4v) is 4.41. The molecule has 0 saturated heterocycles. The molecule has 0 fully saturated rings. The second kappa shape index (κ2) is 9.85. The van der Waals surface area contributed by atoms with E-state index in [0.717, 1.165) is 12.8 Å². The molecule has 0 aliphatic carbocycles. The average Bonchev–Trinajstić information content (AvgIpc) is 2.52. The van der Waals surface area contributed by atoms with E-state index >= 15 is 0 Å². The maximum Gasteiger partial charge on any atom is 0.240 e. The maximum atomic E-state index is 12.0. The smallest absolute Gasteiger partial charge is 0.240 e. The number of carbonyl (C=O) groups is 1. The zero-order valence-corrected chi connectivity index (χ0v) is 15.8. The molecule has 1 aromatic rings. The normalized spacial score (nSPS) is 12.1. The molecule has 0 radical (unpaired) electrons. The molecule has 0 unspecified atom stereocenters. The molecule has 0 bridgehead atoms. The molecule has 0 aliphatic heterocycles. The fourth-order valence-electron chi connectivity index (χ4n) is 2.06. The monoisotopic (exact) mass is 391 g/mol. The molecular formula is C15H25N3O5S2. The second-order valence-electron chi connectivity index (χ2n) is 5.56. The van der Waals surface area contributed by atoms with Crippen LogP contribution in [0.1, 0.15) is 26.2 Å². The number of unbranched alkanes of at least 4 members (excludes halogenated alkanes) is 2. The van der Waals surface area contributed by atoms with Gasteiger partial charge in [-0.2, -0.15) is 0 Å². The zero-order valence-electron chi connectivity index (χ0n) is 14.2. The van der Waals surface area contributed by atoms with Crippen molar-refractivity contribution in [3.63, 3.8) is 0 Å². The van der Waals surface area contributed by atoms with E-state index in [2.05, 4.69) is 10.0 Å². The number of nitrogens with one attached hydrogen (secondary N) is 2. The van der Waals surface area contributed by atoms with E-state index in [9.17, 15) is 21.6 Å². The minimum absolute atomic E-state index is 0.0360. The third-order valence-corrected chi connectivity index (χ3v) is 6.35. The number of nitrogens with two attached hydrogens (primary N) is 1. The third-order valence-electron chi connectivity index (χ3n) is 3.27. The Hall–Kier alpha value is -1.49. The van der Waals surface area contributed by atoms with Crippen LogP contribution in [0.25, 0.3) is 0 Å². The molecular weight excluding hydrogens is 366 g/mol. The standard InChI is InChI=1S/C15H25N3O5S2/c1-2-3-4-10-24(20,21)12-15(19)18-13-6-5-7-14(11-13)25(22,23)17-9-8-16/h5-7,11,17H,2-4,8-10,12,16H2,1H3,(H,18,19). The first-order valence-corrected chi connectivity index (χ1v) is 11.3. The van der Waals surface area contributed by atoms with Crippen molar-refractivity contribution in [2.45, 2.75) is 31.1 Å². The molecule has 25 heavy (non-hydrogen) atoms. The van der Waals surface area contributed by atoms with E-state index in [-0.39, 0.29) is 29.4 Å². The summed E-state index contributed by atoms with van der Waals surface area (Å²) in [6.07, 6.45) is 2.20. The van der Waals surface area contributed by atoms with Crippen LogP contribution in [0.3, 0.4) is 0 Å². The summed E-state index contributed by atoms with van der Waals surface area (Å²) in [5.74, 6) is -1.36. The van der Waals surface area contributed by atoms with Crippen molar-refractivity contribution in [2.24, 2.45) is 5.73 Å². The van der Waals surface area contributed by atoms with Gasteiger partial charge in [-0.15, -0.1) is 0 Å². The summed E-state index contributed by atoms with van der Waals surface area (Å²) < 4.78 is 50.1. The lowest BCUT2D eigenvalue weighted by atomic mass is 10.3. The number of hydrogen-bond acceptors (Lipinski definition) is 6. The van der Waals surface area contributed by atoms with Gasteiger partial charge in [0.1, 0.15) is 5.75 Å². The molecule has 0 aromatic heterocycles. The van der Waals surface area contributed by atoms with Crippen LogP contribution in [0.4, 0.5) is 5.69 Å². The largest absolute Gasteiger partial charge is 0.329 e. The van der Waals surface area contributed by atoms with Gasteiger partial charge in [0.2, 0.25) is 15.9 Å². The molecule has 0 spiro atoms. The van der Waals surface area contributed by atoms with E-state index in [1.165, 1.54) is 24.3 Å². The van der Waals surface area contributed by atoms with Crippen LogP contribution < -0.4 is 15.8 Å². The van der Waals surface area contributed by atoms with Crippen molar-refractivity contribution in [2.75, 3.05) is 29.9 Å². The van der Waals surface area contributed by atoms with E-state index in [0.29, 0.717) is 6.42 Å². The highest BCUT2D eigenvalue weighted by Crippen LogP contribution is 2.15. The molecule has 0 aliphatic rings.